The van der Waals surface area contributed by atoms with Crippen molar-refractivity contribution < 1.29 is 9.59 Å². The van der Waals surface area contributed by atoms with Crippen molar-refractivity contribution in [3.63, 3.8) is 0 Å². The topological polar surface area (TPSA) is 78.7 Å². The number of nitrogens with one attached hydrogen (secondary N) is 1. The number of carbonyl (C=O) groups is 2. The molecule has 2 fully saturated rings. The molecule has 0 aromatic carbocycles. The van der Waals surface area contributed by atoms with Gasteiger partial charge in [-0.2, -0.15) is 0 Å². The Labute approximate surface area is 132 Å². The molecule has 2 atom stereocenters. The monoisotopic (exact) mass is 318 g/mol. The molecule has 0 bridgehead atoms. The Bertz CT molecular complexity index is 359. The van der Waals surface area contributed by atoms with Crippen LogP contribution in [0.1, 0.15) is 32.6 Å². The molecular weight excluding hydrogens is 292 g/mol. The average Bonchev–Trinajstić information content (AvgIpc) is 2.47. The van der Waals surface area contributed by atoms with Crippen LogP contribution >= 0.6 is 12.4 Å². The molecule has 2 unspecified atom stereocenters. The molecule has 1 aliphatic heterocycles. The number of carbonyl (C=O) groups excluding carboxylic acids is 2. The van der Waals surface area contributed by atoms with Gasteiger partial charge in [0.05, 0.1) is 0 Å². The SMILES string of the molecule is CCNC(=O)N1CCN(C(=O)C2CCCC(N)C2)CC1.Cl. The van der Waals surface area contributed by atoms with Crippen molar-refractivity contribution >= 4 is 24.3 Å². The van der Waals surface area contributed by atoms with E-state index in [1.54, 1.807) is 4.90 Å². The second-order valence-electron chi connectivity index (χ2n) is 5.77. The Morgan fingerprint density at radius 1 is 1.14 bits per heavy atom. The van der Waals surface area contributed by atoms with Gasteiger partial charge in [-0.3, -0.25) is 4.79 Å². The summed E-state index contributed by atoms with van der Waals surface area (Å²) in [4.78, 5) is 27.8. The molecule has 1 heterocycles. The molecule has 2 rings (SSSR count). The fraction of sp³-hybridized carbons (Fsp3) is 0.857. The highest BCUT2D eigenvalue weighted by Crippen LogP contribution is 2.25. The van der Waals surface area contributed by atoms with Crippen molar-refractivity contribution in [2.45, 2.75) is 38.6 Å². The maximum absolute atomic E-state index is 12.5. The van der Waals surface area contributed by atoms with E-state index in [1.807, 2.05) is 11.8 Å². The van der Waals surface area contributed by atoms with Crippen LogP contribution in [0.4, 0.5) is 4.79 Å². The summed E-state index contributed by atoms with van der Waals surface area (Å²) in [6.07, 6.45) is 3.86. The lowest BCUT2D eigenvalue weighted by Gasteiger charge is -2.37. The summed E-state index contributed by atoms with van der Waals surface area (Å²) in [7, 11) is 0. The number of nitrogens with two attached hydrogens (primary N) is 1. The van der Waals surface area contributed by atoms with E-state index in [-0.39, 0.29) is 36.3 Å². The number of hydrogen-bond acceptors (Lipinski definition) is 3. The lowest BCUT2D eigenvalue weighted by molar-refractivity contribution is -0.138. The molecule has 0 spiro atoms. The van der Waals surface area contributed by atoms with E-state index >= 15 is 0 Å². The molecule has 0 radical (unpaired) electrons. The fourth-order valence-electron chi connectivity index (χ4n) is 3.10. The van der Waals surface area contributed by atoms with Crippen molar-refractivity contribution in [3.8, 4) is 0 Å². The number of hydrogen-bond donors (Lipinski definition) is 2. The van der Waals surface area contributed by atoms with Crippen LogP contribution in [0.15, 0.2) is 0 Å². The summed E-state index contributed by atoms with van der Waals surface area (Å²) in [6.45, 7) is 5.07. The quantitative estimate of drug-likeness (QED) is 0.790. The maximum Gasteiger partial charge on any atom is 0.317 e. The van der Waals surface area contributed by atoms with Gasteiger partial charge in [-0.05, 0) is 26.2 Å². The Morgan fingerprint density at radius 2 is 1.76 bits per heavy atom. The Morgan fingerprint density at radius 3 is 2.33 bits per heavy atom. The molecule has 3 N–H and O–H groups in total. The van der Waals surface area contributed by atoms with Crippen LogP contribution in [-0.4, -0.2) is 60.5 Å². The third kappa shape index (κ3) is 4.74. The smallest absolute Gasteiger partial charge is 0.317 e. The fourth-order valence-corrected chi connectivity index (χ4v) is 3.10. The summed E-state index contributed by atoms with van der Waals surface area (Å²) in [5, 5.41) is 2.80. The highest BCUT2D eigenvalue weighted by molar-refractivity contribution is 5.85. The molecule has 1 saturated carbocycles. The van der Waals surface area contributed by atoms with Gasteiger partial charge in [-0.1, -0.05) is 6.42 Å². The highest BCUT2D eigenvalue weighted by Gasteiger charge is 2.31. The Hall–Kier alpha value is -1.01. The van der Waals surface area contributed by atoms with Gasteiger partial charge in [-0.15, -0.1) is 12.4 Å². The minimum absolute atomic E-state index is 0. The van der Waals surface area contributed by atoms with E-state index < -0.39 is 0 Å². The van der Waals surface area contributed by atoms with E-state index in [0.29, 0.717) is 32.7 Å². The first-order valence-corrected chi connectivity index (χ1v) is 7.69. The predicted molar refractivity (Wildman–Crippen MR) is 84.4 cm³/mol. The van der Waals surface area contributed by atoms with Crippen LogP contribution in [-0.2, 0) is 4.79 Å². The van der Waals surface area contributed by atoms with Crippen molar-refractivity contribution in [1.29, 1.82) is 0 Å². The van der Waals surface area contributed by atoms with E-state index in [1.165, 1.54) is 0 Å². The summed E-state index contributed by atoms with van der Waals surface area (Å²) in [6, 6.07) is 0.147. The minimum Gasteiger partial charge on any atom is -0.339 e. The summed E-state index contributed by atoms with van der Waals surface area (Å²) in [5.41, 5.74) is 5.96. The van der Waals surface area contributed by atoms with Gasteiger partial charge in [0.25, 0.3) is 0 Å². The third-order valence-corrected chi connectivity index (χ3v) is 4.27. The van der Waals surface area contributed by atoms with Crippen LogP contribution in [0.3, 0.4) is 0 Å². The number of rotatable bonds is 2. The van der Waals surface area contributed by atoms with Crippen LogP contribution in [0, 0.1) is 5.92 Å². The van der Waals surface area contributed by atoms with Gasteiger partial charge < -0.3 is 20.9 Å². The molecule has 0 aromatic heterocycles. The molecule has 2 aliphatic rings. The molecule has 21 heavy (non-hydrogen) atoms. The van der Waals surface area contributed by atoms with Crippen LogP contribution in [0.25, 0.3) is 0 Å². The first-order valence-electron chi connectivity index (χ1n) is 7.69. The van der Waals surface area contributed by atoms with E-state index in [2.05, 4.69) is 5.32 Å². The molecule has 1 aliphatic carbocycles. The lowest BCUT2D eigenvalue weighted by Crippen LogP contribution is -2.54. The number of piperazine rings is 1. The van der Waals surface area contributed by atoms with Crippen molar-refractivity contribution in [2.75, 3.05) is 32.7 Å². The normalized spacial score (nSPS) is 26.0. The number of nitrogens with zero attached hydrogens (tertiary/aromatic N) is 2. The standard InChI is InChI=1S/C14H26N4O2.ClH/c1-2-16-14(20)18-8-6-17(7-9-18)13(19)11-4-3-5-12(15)10-11;/h11-12H,2-10,15H2,1H3,(H,16,20);1H. The molecular formula is C14H27ClN4O2. The lowest BCUT2D eigenvalue weighted by atomic mass is 9.85. The van der Waals surface area contributed by atoms with Crippen molar-refractivity contribution in [1.82, 2.24) is 15.1 Å². The average molecular weight is 319 g/mol. The zero-order valence-electron chi connectivity index (χ0n) is 12.7. The summed E-state index contributed by atoms with van der Waals surface area (Å²) in [5.74, 6) is 0.325. The van der Waals surface area contributed by atoms with Crippen LogP contribution in [0.5, 0.6) is 0 Å². The zero-order valence-corrected chi connectivity index (χ0v) is 13.5. The first kappa shape index (κ1) is 18.0. The number of amides is 3. The predicted octanol–water partition coefficient (Wildman–Crippen LogP) is 0.799. The summed E-state index contributed by atoms with van der Waals surface area (Å²) < 4.78 is 0. The number of urea groups is 1. The van der Waals surface area contributed by atoms with E-state index in [0.717, 1.165) is 25.7 Å². The van der Waals surface area contributed by atoms with Crippen LogP contribution < -0.4 is 11.1 Å². The molecule has 0 aromatic rings. The van der Waals surface area contributed by atoms with E-state index in [4.69, 9.17) is 5.73 Å². The second-order valence-corrected chi connectivity index (χ2v) is 5.77. The van der Waals surface area contributed by atoms with Gasteiger partial charge in [-0.25, -0.2) is 4.79 Å². The third-order valence-electron chi connectivity index (χ3n) is 4.27. The van der Waals surface area contributed by atoms with Crippen molar-refractivity contribution in [3.05, 3.63) is 0 Å². The Balaban J connectivity index is 0.00000220. The molecule has 1 saturated heterocycles. The highest BCUT2D eigenvalue weighted by atomic mass is 35.5. The molecule has 6 nitrogen and oxygen atoms in total. The van der Waals surface area contributed by atoms with Gasteiger partial charge in [0.15, 0.2) is 0 Å². The van der Waals surface area contributed by atoms with Gasteiger partial charge >= 0.3 is 6.03 Å². The summed E-state index contributed by atoms with van der Waals surface area (Å²) >= 11 is 0. The van der Waals surface area contributed by atoms with Crippen molar-refractivity contribution in [2.24, 2.45) is 11.7 Å². The number of halogens is 1. The van der Waals surface area contributed by atoms with Gasteiger partial charge in [0.2, 0.25) is 5.91 Å². The minimum atomic E-state index is -0.0284. The van der Waals surface area contributed by atoms with Gasteiger partial charge in [0.1, 0.15) is 0 Å². The largest absolute Gasteiger partial charge is 0.339 e. The molecule has 3 amide bonds. The van der Waals surface area contributed by atoms with Gasteiger partial charge in [0, 0.05) is 44.7 Å². The van der Waals surface area contributed by atoms with Crippen LogP contribution in [0.2, 0.25) is 0 Å². The zero-order chi connectivity index (χ0) is 14.5. The molecule has 122 valence electrons. The van der Waals surface area contributed by atoms with E-state index in [9.17, 15) is 9.59 Å². The first-order chi connectivity index (χ1) is 9.61. The maximum atomic E-state index is 12.5. The second kappa shape index (κ2) is 8.44. The Kier molecular flexibility index (Phi) is 7.25. The molecule has 7 heteroatoms.